The summed E-state index contributed by atoms with van der Waals surface area (Å²) in [6, 6.07) is 0.442. The van der Waals surface area contributed by atoms with E-state index in [1.807, 2.05) is 0 Å². The predicted molar refractivity (Wildman–Crippen MR) is 79.7 cm³/mol. The van der Waals surface area contributed by atoms with Gasteiger partial charge in [-0.2, -0.15) is 0 Å². The first-order valence-electron chi connectivity index (χ1n) is 7.14. The maximum atomic E-state index is 11.5. The number of hydrogen-bond acceptors (Lipinski definition) is 3. The molecule has 0 rings (SSSR count). The van der Waals surface area contributed by atoms with Crippen LogP contribution in [0.5, 0.6) is 0 Å². The van der Waals surface area contributed by atoms with Crippen LogP contribution in [0.2, 0.25) is 0 Å². The monoisotopic (exact) mass is 277 g/mol. The second-order valence-electron chi connectivity index (χ2n) is 6.29. The van der Waals surface area contributed by atoms with Gasteiger partial charge in [0.2, 0.25) is 0 Å². The van der Waals surface area contributed by atoms with Gasteiger partial charge in [0.1, 0.15) is 9.84 Å². The molecule has 0 aromatic carbocycles. The van der Waals surface area contributed by atoms with Crippen molar-refractivity contribution in [1.29, 1.82) is 0 Å². The minimum Gasteiger partial charge on any atom is -0.314 e. The first-order valence-corrected chi connectivity index (χ1v) is 8.96. The largest absolute Gasteiger partial charge is 0.314 e. The first kappa shape index (κ1) is 17.9. The molecule has 1 N–H and O–H groups in total. The van der Waals surface area contributed by atoms with E-state index in [0.717, 1.165) is 32.2 Å². The van der Waals surface area contributed by atoms with Gasteiger partial charge >= 0.3 is 0 Å². The number of rotatable bonds is 9. The van der Waals surface area contributed by atoms with Gasteiger partial charge in [0.05, 0.1) is 5.75 Å². The molecule has 0 heterocycles. The van der Waals surface area contributed by atoms with Gasteiger partial charge < -0.3 is 5.32 Å². The Hall–Kier alpha value is -0.0900. The molecule has 0 saturated heterocycles. The highest BCUT2D eigenvalue weighted by atomic mass is 32.2. The summed E-state index contributed by atoms with van der Waals surface area (Å²) in [4.78, 5) is 0. The summed E-state index contributed by atoms with van der Waals surface area (Å²) in [6.45, 7) is 11.6. The van der Waals surface area contributed by atoms with E-state index < -0.39 is 9.84 Å². The maximum Gasteiger partial charge on any atom is 0.150 e. The molecule has 0 aromatic rings. The minimum atomic E-state index is -2.81. The fourth-order valence-electron chi connectivity index (χ4n) is 2.06. The van der Waals surface area contributed by atoms with Crippen LogP contribution in [-0.2, 0) is 9.84 Å². The molecule has 0 bridgehead atoms. The first-order chi connectivity index (χ1) is 8.20. The minimum absolute atomic E-state index is 0.263. The third-order valence-electron chi connectivity index (χ3n) is 2.99. The topological polar surface area (TPSA) is 46.2 Å². The Morgan fingerprint density at radius 2 is 1.78 bits per heavy atom. The lowest BCUT2D eigenvalue weighted by Gasteiger charge is -2.27. The summed E-state index contributed by atoms with van der Waals surface area (Å²) in [5.41, 5.74) is 0.287. The highest BCUT2D eigenvalue weighted by Crippen LogP contribution is 2.23. The van der Waals surface area contributed by atoms with Gasteiger partial charge in [-0.05, 0) is 37.6 Å². The highest BCUT2D eigenvalue weighted by Gasteiger charge is 2.18. The van der Waals surface area contributed by atoms with E-state index in [-0.39, 0.29) is 11.2 Å². The van der Waals surface area contributed by atoms with Crippen LogP contribution in [0.3, 0.4) is 0 Å². The van der Waals surface area contributed by atoms with Crippen LogP contribution in [0.25, 0.3) is 0 Å². The van der Waals surface area contributed by atoms with Crippen LogP contribution in [0.15, 0.2) is 0 Å². The summed E-state index contributed by atoms with van der Waals surface area (Å²) in [5.74, 6) is 0.595. The fraction of sp³-hybridized carbons (Fsp3) is 1.00. The highest BCUT2D eigenvalue weighted by molar-refractivity contribution is 7.91. The van der Waals surface area contributed by atoms with Gasteiger partial charge in [-0.3, -0.25) is 0 Å². The standard InChI is InChI=1S/C14H31NO2S/c1-6-10-15-13(12-14(3,4)5)9-8-11-18(16,17)7-2/h13,15H,6-12H2,1-5H3. The summed E-state index contributed by atoms with van der Waals surface area (Å²) < 4.78 is 22.9. The molecule has 0 aromatic heterocycles. The molecule has 0 aliphatic carbocycles. The van der Waals surface area contributed by atoms with Gasteiger partial charge in [0.25, 0.3) is 0 Å². The number of hydrogen-bond donors (Lipinski definition) is 1. The van der Waals surface area contributed by atoms with E-state index in [9.17, 15) is 8.42 Å². The quantitative estimate of drug-likeness (QED) is 0.704. The SMILES string of the molecule is CCCNC(CCCS(=O)(=O)CC)CC(C)(C)C. The van der Waals surface area contributed by atoms with Gasteiger partial charge in [0, 0.05) is 11.8 Å². The molecule has 0 radical (unpaired) electrons. The molecule has 110 valence electrons. The third-order valence-corrected chi connectivity index (χ3v) is 4.78. The van der Waals surface area contributed by atoms with Crippen LogP contribution in [0.1, 0.15) is 60.3 Å². The molecule has 1 unspecified atom stereocenters. The second-order valence-corrected chi connectivity index (χ2v) is 8.77. The molecular weight excluding hydrogens is 246 g/mol. The van der Waals surface area contributed by atoms with Crippen molar-refractivity contribution in [1.82, 2.24) is 5.32 Å². The Labute approximate surface area is 114 Å². The van der Waals surface area contributed by atoms with Gasteiger partial charge in [-0.1, -0.05) is 34.6 Å². The average molecular weight is 277 g/mol. The van der Waals surface area contributed by atoms with Crippen LogP contribution in [0, 0.1) is 5.41 Å². The molecular formula is C14H31NO2S. The van der Waals surface area contributed by atoms with E-state index in [4.69, 9.17) is 0 Å². The molecule has 1 atom stereocenters. The van der Waals surface area contributed by atoms with Crippen molar-refractivity contribution in [3.05, 3.63) is 0 Å². The molecule has 4 heteroatoms. The van der Waals surface area contributed by atoms with Crippen molar-refractivity contribution < 1.29 is 8.42 Å². The summed E-state index contributed by atoms with van der Waals surface area (Å²) >= 11 is 0. The molecule has 3 nitrogen and oxygen atoms in total. The zero-order valence-electron chi connectivity index (χ0n) is 12.8. The van der Waals surface area contributed by atoms with Crippen LogP contribution in [-0.4, -0.2) is 32.5 Å². The van der Waals surface area contributed by atoms with E-state index in [1.54, 1.807) is 6.92 Å². The molecule has 0 spiro atoms. The lowest BCUT2D eigenvalue weighted by molar-refractivity contribution is 0.297. The fourth-order valence-corrected chi connectivity index (χ4v) is 2.95. The van der Waals surface area contributed by atoms with Crippen molar-refractivity contribution in [2.24, 2.45) is 5.41 Å². The van der Waals surface area contributed by atoms with Crippen molar-refractivity contribution in [2.75, 3.05) is 18.1 Å². The number of sulfone groups is 1. The Bertz CT molecular complexity index is 304. The van der Waals surface area contributed by atoms with Gasteiger partial charge in [0.15, 0.2) is 0 Å². The zero-order chi connectivity index (χ0) is 14.2. The van der Waals surface area contributed by atoms with Crippen molar-refractivity contribution >= 4 is 9.84 Å². The summed E-state index contributed by atoms with van der Waals surface area (Å²) in [6.07, 6.45) is 3.94. The number of nitrogens with one attached hydrogen (secondary N) is 1. The summed E-state index contributed by atoms with van der Waals surface area (Å²) in [7, 11) is -2.81. The van der Waals surface area contributed by atoms with Crippen molar-refractivity contribution in [3.63, 3.8) is 0 Å². The van der Waals surface area contributed by atoms with E-state index in [1.165, 1.54) is 0 Å². The van der Waals surface area contributed by atoms with Crippen LogP contribution >= 0.6 is 0 Å². The van der Waals surface area contributed by atoms with Crippen molar-refractivity contribution in [3.8, 4) is 0 Å². The zero-order valence-corrected chi connectivity index (χ0v) is 13.6. The Morgan fingerprint density at radius 3 is 2.22 bits per heavy atom. The molecule has 0 amide bonds. The van der Waals surface area contributed by atoms with E-state index >= 15 is 0 Å². The molecule has 0 aliphatic rings. The lowest BCUT2D eigenvalue weighted by atomic mass is 9.86. The van der Waals surface area contributed by atoms with Crippen molar-refractivity contribution in [2.45, 2.75) is 66.3 Å². The predicted octanol–water partition coefficient (Wildman–Crippen LogP) is 3.01. The third kappa shape index (κ3) is 9.89. The molecule has 0 aliphatic heterocycles. The van der Waals surface area contributed by atoms with Crippen LogP contribution in [0.4, 0.5) is 0 Å². The Balaban J connectivity index is 4.16. The lowest BCUT2D eigenvalue weighted by Crippen LogP contribution is -2.34. The summed E-state index contributed by atoms with van der Waals surface area (Å²) in [5, 5.41) is 3.54. The van der Waals surface area contributed by atoms with E-state index in [0.29, 0.717) is 11.8 Å². The second kappa shape index (κ2) is 8.16. The molecule has 0 fully saturated rings. The van der Waals surface area contributed by atoms with Gasteiger partial charge in [-0.25, -0.2) is 8.42 Å². The molecule has 18 heavy (non-hydrogen) atoms. The average Bonchev–Trinajstić information content (AvgIpc) is 2.23. The maximum absolute atomic E-state index is 11.5. The molecule has 0 saturated carbocycles. The van der Waals surface area contributed by atoms with Crippen LogP contribution < -0.4 is 5.32 Å². The Morgan fingerprint density at radius 1 is 1.17 bits per heavy atom. The van der Waals surface area contributed by atoms with E-state index in [2.05, 4.69) is 33.0 Å². The Kier molecular flexibility index (Phi) is 8.11. The van der Waals surface area contributed by atoms with Gasteiger partial charge in [-0.15, -0.1) is 0 Å². The normalized spacial score (nSPS) is 14.7. The smallest absolute Gasteiger partial charge is 0.150 e.